The standard InChI is InChI=1S/C34H43N5O8S/c40-30(18-7-17-29-28-16-9-20-37-19-8-11-25(32(28)37)24-38(29)26-12-3-1-4-13-26)35-23-31(41)45-21-10-22-46-33-34(39(42)47-36-33)48(43,44)27-14-5-2-6-15-27/h1-6,12-15,25,28-29,32H,7-11,16-24H2,(H,35,40). The van der Waals surface area contributed by atoms with Gasteiger partial charge in [-0.1, -0.05) is 36.4 Å². The van der Waals surface area contributed by atoms with E-state index >= 15 is 0 Å². The fourth-order valence-electron chi connectivity index (χ4n) is 7.72. The molecule has 13 nitrogen and oxygen atoms in total. The Morgan fingerprint density at radius 2 is 1.73 bits per heavy atom. The third-order valence-electron chi connectivity index (χ3n) is 9.74. The van der Waals surface area contributed by atoms with Crippen molar-refractivity contribution in [3.63, 3.8) is 0 Å². The van der Waals surface area contributed by atoms with Gasteiger partial charge in [-0.15, -0.1) is 0 Å². The van der Waals surface area contributed by atoms with Crippen molar-refractivity contribution in [2.75, 3.05) is 44.3 Å². The van der Waals surface area contributed by atoms with E-state index in [-0.39, 0.29) is 41.9 Å². The summed E-state index contributed by atoms with van der Waals surface area (Å²) in [5.41, 5.74) is 1.26. The maximum atomic E-state index is 12.8. The molecule has 258 valence electrons. The molecule has 3 aliphatic rings. The SMILES string of the molecule is O=C(CCCC1C2CCCN3CCCC(CN1c1ccccc1)C23)NCC(=O)OCCCOc1no[n+]([O-])c1S(=O)(=O)c1ccccc1. The molecule has 0 spiro atoms. The van der Waals surface area contributed by atoms with Gasteiger partial charge in [0, 0.05) is 37.2 Å². The van der Waals surface area contributed by atoms with E-state index in [1.54, 1.807) is 6.07 Å². The van der Waals surface area contributed by atoms with Gasteiger partial charge in [-0.2, -0.15) is 0 Å². The van der Waals surface area contributed by atoms with E-state index < -0.39 is 26.7 Å². The maximum absolute atomic E-state index is 12.8. The van der Waals surface area contributed by atoms with Crippen LogP contribution >= 0.6 is 0 Å². The molecule has 3 saturated heterocycles. The van der Waals surface area contributed by atoms with E-state index in [0.29, 0.717) is 30.3 Å². The molecule has 3 aromatic rings. The van der Waals surface area contributed by atoms with Crippen molar-refractivity contribution in [3.05, 3.63) is 65.9 Å². The molecule has 0 bridgehead atoms. The number of hydrogen-bond acceptors (Lipinski definition) is 11. The number of sulfone groups is 1. The smallest absolute Gasteiger partial charge is 0.414 e. The van der Waals surface area contributed by atoms with Gasteiger partial charge in [-0.25, -0.2) is 8.42 Å². The topological polar surface area (TPSA) is 158 Å². The largest absolute Gasteiger partial charge is 0.464 e. The summed E-state index contributed by atoms with van der Waals surface area (Å²) in [6.45, 7) is 3.07. The summed E-state index contributed by atoms with van der Waals surface area (Å²) in [6.07, 6.45) is 7.16. The lowest BCUT2D eigenvalue weighted by Gasteiger charge is -2.58. The summed E-state index contributed by atoms with van der Waals surface area (Å²) in [6, 6.07) is 19.0. The molecule has 1 aromatic heterocycles. The van der Waals surface area contributed by atoms with Crippen molar-refractivity contribution in [3.8, 4) is 5.88 Å². The van der Waals surface area contributed by atoms with Crippen molar-refractivity contribution in [1.29, 1.82) is 0 Å². The molecule has 1 amide bonds. The Bertz CT molecular complexity index is 1640. The van der Waals surface area contributed by atoms with Crippen LogP contribution in [0.4, 0.5) is 5.69 Å². The lowest BCUT2D eigenvalue weighted by Crippen LogP contribution is -2.65. The van der Waals surface area contributed by atoms with Crippen LogP contribution in [-0.2, 0) is 24.2 Å². The van der Waals surface area contributed by atoms with Crippen molar-refractivity contribution >= 4 is 27.4 Å². The van der Waals surface area contributed by atoms with Gasteiger partial charge in [0.1, 0.15) is 6.54 Å². The number of nitrogens with one attached hydrogen (secondary N) is 1. The molecular weight excluding hydrogens is 638 g/mol. The average molecular weight is 682 g/mol. The Hall–Kier alpha value is -4.17. The van der Waals surface area contributed by atoms with Gasteiger partial charge >= 0.3 is 16.9 Å². The first-order chi connectivity index (χ1) is 23.3. The number of esters is 1. The highest BCUT2D eigenvalue weighted by Crippen LogP contribution is 2.44. The number of hydrogen-bond donors (Lipinski definition) is 1. The third kappa shape index (κ3) is 7.59. The van der Waals surface area contributed by atoms with Gasteiger partial charge in [-0.3, -0.25) is 19.1 Å². The Balaban J connectivity index is 0.924. The van der Waals surface area contributed by atoms with Crippen LogP contribution in [0.15, 0.2) is 75.2 Å². The van der Waals surface area contributed by atoms with E-state index in [1.165, 1.54) is 68.7 Å². The third-order valence-corrected chi connectivity index (χ3v) is 11.5. The highest BCUT2D eigenvalue weighted by Gasteiger charge is 2.48. The molecule has 6 rings (SSSR count). The lowest BCUT2D eigenvalue weighted by atomic mass is 9.69. The van der Waals surface area contributed by atoms with E-state index in [1.807, 2.05) is 0 Å². The van der Waals surface area contributed by atoms with Crippen LogP contribution < -0.4 is 19.9 Å². The summed E-state index contributed by atoms with van der Waals surface area (Å²) in [7, 11) is -4.23. The van der Waals surface area contributed by atoms with Gasteiger partial charge in [0.2, 0.25) is 5.91 Å². The number of anilines is 1. The maximum Gasteiger partial charge on any atom is 0.414 e. The summed E-state index contributed by atoms with van der Waals surface area (Å²) >= 11 is 0. The number of benzene rings is 2. The second-order valence-corrected chi connectivity index (χ2v) is 14.6. The quantitative estimate of drug-likeness (QED) is 0.151. The van der Waals surface area contributed by atoms with Crippen molar-refractivity contribution in [2.24, 2.45) is 11.8 Å². The predicted molar refractivity (Wildman–Crippen MR) is 174 cm³/mol. The number of para-hydroxylation sites is 1. The Labute approximate surface area is 280 Å². The zero-order valence-corrected chi connectivity index (χ0v) is 27.8. The van der Waals surface area contributed by atoms with E-state index in [0.717, 1.165) is 19.4 Å². The van der Waals surface area contributed by atoms with Gasteiger partial charge in [0.25, 0.3) is 9.84 Å². The number of carbonyl (C=O) groups excluding carboxylic acids is 2. The van der Waals surface area contributed by atoms with Crippen LogP contribution in [0.1, 0.15) is 51.4 Å². The molecule has 4 heterocycles. The first kappa shape index (κ1) is 33.7. The Kier molecular flexibility index (Phi) is 10.8. The molecule has 2 aromatic carbocycles. The van der Waals surface area contributed by atoms with Gasteiger partial charge < -0.3 is 24.9 Å². The monoisotopic (exact) mass is 681 g/mol. The number of ether oxygens (including phenoxy) is 2. The highest BCUT2D eigenvalue weighted by molar-refractivity contribution is 7.91. The Morgan fingerprint density at radius 3 is 2.50 bits per heavy atom. The number of aromatic nitrogens is 2. The summed E-state index contributed by atoms with van der Waals surface area (Å²) in [5.74, 6) is 0.00355. The summed E-state index contributed by atoms with van der Waals surface area (Å²) < 4.78 is 40.7. The predicted octanol–water partition coefficient (Wildman–Crippen LogP) is 3.12. The van der Waals surface area contributed by atoms with Crippen LogP contribution in [-0.4, -0.2) is 81.8 Å². The lowest BCUT2D eigenvalue weighted by molar-refractivity contribution is -0.832. The van der Waals surface area contributed by atoms with Crippen LogP contribution in [0.2, 0.25) is 0 Å². The first-order valence-electron chi connectivity index (χ1n) is 16.8. The van der Waals surface area contributed by atoms with Crippen molar-refractivity contribution < 1.29 is 37.0 Å². The van der Waals surface area contributed by atoms with Gasteiger partial charge in [-0.05, 0) is 92.6 Å². The van der Waals surface area contributed by atoms with Crippen molar-refractivity contribution in [2.45, 2.75) is 73.4 Å². The molecule has 4 atom stereocenters. The Morgan fingerprint density at radius 1 is 1.00 bits per heavy atom. The average Bonchev–Trinajstić information content (AvgIpc) is 3.49. The number of amides is 1. The van der Waals surface area contributed by atoms with Crippen molar-refractivity contribution in [1.82, 2.24) is 15.4 Å². The molecule has 14 heteroatoms. The molecule has 4 unspecified atom stereocenters. The fraction of sp³-hybridized carbons (Fsp3) is 0.529. The number of carbonyl (C=O) groups is 2. The molecule has 0 radical (unpaired) electrons. The fourth-order valence-corrected chi connectivity index (χ4v) is 9.01. The number of rotatable bonds is 14. The van der Waals surface area contributed by atoms with Gasteiger partial charge in [0.05, 0.1) is 23.3 Å². The van der Waals surface area contributed by atoms with Crippen LogP contribution in [0.25, 0.3) is 0 Å². The van der Waals surface area contributed by atoms with Crippen LogP contribution in [0, 0.1) is 17.0 Å². The van der Waals surface area contributed by atoms with Crippen LogP contribution in [0.3, 0.4) is 0 Å². The minimum Gasteiger partial charge on any atom is -0.464 e. The first-order valence-corrected chi connectivity index (χ1v) is 18.3. The molecule has 0 aliphatic carbocycles. The molecule has 3 fully saturated rings. The molecular formula is C34H43N5O8S. The minimum absolute atomic E-state index is 0.0394. The second-order valence-electron chi connectivity index (χ2n) is 12.7. The van der Waals surface area contributed by atoms with E-state index in [9.17, 15) is 23.2 Å². The molecule has 48 heavy (non-hydrogen) atoms. The normalized spacial score (nSPS) is 22.5. The number of nitrogens with zero attached hydrogens (tertiary/aromatic N) is 4. The summed E-state index contributed by atoms with van der Waals surface area (Å²) in [5, 5.41) is 17.3. The second kappa shape index (κ2) is 15.4. The number of piperidine rings is 3. The summed E-state index contributed by atoms with van der Waals surface area (Å²) in [4.78, 5) is 29.9. The molecule has 3 aliphatic heterocycles. The van der Waals surface area contributed by atoms with E-state index in [2.05, 4.69) is 55.2 Å². The highest BCUT2D eigenvalue weighted by atomic mass is 32.2. The minimum atomic E-state index is -4.23. The van der Waals surface area contributed by atoms with Crippen LogP contribution in [0.5, 0.6) is 5.88 Å². The zero-order chi connectivity index (χ0) is 33.5. The van der Waals surface area contributed by atoms with E-state index in [4.69, 9.17) is 9.47 Å². The van der Waals surface area contributed by atoms with Gasteiger partial charge in [0.15, 0.2) is 0 Å². The molecule has 1 N–H and O–H groups in total. The zero-order valence-electron chi connectivity index (χ0n) is 26.9. The molecule has 0 saturated carbocycles.